The van der Waals surface area contributed by atoms with Gasteiger partial charge in [0.05, 0.1) is 32.7 Å². The average molecular weight is 462 g/mol. The van der Waals surface area contributed by atoms with Crippen molar-refractivity contribution in [3.63, 3.8) is 0 Å². The molecule has 184 valence electrons. The van der Waals surface area contributed by atoms with Crippen molar-refractivity contribution in [2.45, 2.75) is 84.2 Å². The number of esters is 3. The van der Waals surface area contributed by atoms with Crippen LogP contribution in [0.1, 0.15) is 78.6 Å². The Kier molecular flexibility index (Phi) is 15.5. The van der Waals surface area contributed by atoms with Crippen LogP contribution < -0.4 is 0 Å². The van der Waals surface area contributed by atoms with E-state index in [1.807, 2.05) is 20.8 Å². The lowest BCUT2D eigenvalue weighted by Gasteiger charge is -2.23. The van der Waals surface area contributed by atoms with Crippen molar-refractivity contribution in [3.05, 3.63) is 0 Å². The Morgan fingerprint density at radius 2 is 1.03 bits per heavy atom. The van der Waals surface area contributed by atoms with Gasteiger partial charge in [-0.25, -0.2) is 14.4 Å². The maximum absolute atomic E-state index is 12.4. The number of ether oxygens (including phenoxy) is 5. The molecular formula is C21H34O11. The Morgan fingerprint density at radius 3 is 1.44 bits per heavy atom. The van der Waals surface area contributed by atoms with E-state index in [-0.39, 0.29) is 19.8 Å². The van der Waals surface area contributed by atoms with Gasteiger partial charge in [-0.15, -0.1) is 0 Å². The van der Waals surface area contributed by atoms with Crippen LogP contribution in [0, 0.1) is 0 Å². The number of rotatable bonds is 15. The van der Waals surface area contributed by atoms with Crippen LogP contribution in [0.15, 0.2) is 0 Å². The van der Waals surface area contributed by atoms with Gasteiger partial charge in [0.25, 0.3) is 0 Å². The fraction of sp³-hybridized carbons (Fsp3) is 0.762. The predicted molar refractivity (Wildman–Crippen MR) is 109 cm³/mol. The van der Waals surface area contributed by atoms with Crippen LogP contribution in [-0.2, 0) is 38.1 Å². The van der Waals surface area contributed by atoms with E-state index < -0.39 is 48.7 Å². The Bertz CT molecular complexity index is 577. The van der Waals surface area contributed by atoms with Crippen molar-refractivity contribution in [3.8, 4) is 0 Å². The molecule has 0 heterocycles. The lowest BCUT2D eigenvalue weighted by atomic mass is 9.95. The molecule has 11 nitrogen and oxygen atoms in total. The van der Waals surface area contributed by atoms with Gasteiger partial charge in [-0.3, -0.25) is 9.59 Å². The van der Waals surface area contributed by atoms with Crippen LogP contribution in [0.5, 0.6) is 0 Å². The Hall–Kier alpha value is -2.69. The fourth-order valence-electron chi connectivity index (χ4n) is 2.25. The number of aliphatic hydroxyl groups is 1. The van der Waals surface area contributed by atoms with E-state index in [0.717, 1.165) is 25.7 Å². The average Bonchev–Trinajstić information content (AvgIpc) is 2.70. The SMILES string of the molecule is CCCCCOC(=O)C(O)(CC(=O)OC(=O)OCCCC)CC(=O)OC(=O)OCCCC. The molecule has 0 amide bonds. The standard InChI is InChI=1S/C21H34O11/c1-4-7-10-13-28-18(24)21(27,14-16(22)31-19(25)29-11-8-5-2)15-17(23)32-20(26)30-12-9-6-3/h27H,4-15H2,1-3H3. The highest BCUT2D eigenvalue weighted by molar-refractivity contribution is 5.93. The molecule has 0 saturated carbocycles. The monoisotopic (exact) mass is 462 g/mol. The van der Waals surface area contributed by atoms with Crippen LogP contribution in [0.25, 0.3) is 0 Å². The third-order valence-corrected chi connectivity index (χ3v) is 4.06. The normalized spacial score (nSPS) is 10.8. The number of hydrogen-bond donors (Lipinski definition) is 1. The minimum atomic E-state index is -2.71. The molecule has 0 rings (SSSR count). The fourth-order valence-corrected chi connectivity index (χ4v) is 2.25. The molecule has 0 aliphatic carbocycles. The molecule has 32 heavy (non-hydrogen) atoms. The van der Waals surface area contributed by atoms with Crippen LogP contribution in [0.3, 0.4) is 0 Å². The number of carbonyl (C=O) groups is 5. The molecule has 0 atom stereocenters. The molecule has 0 aliphatic rings. The topological polar surface area (TPSA) is 152 Å². The summed E-state index contributed by atoms with van der Waals surface area (Å²) in [5.74, 6) is -3.93. The summed E-state index contributed by atoms with van der Waals surface area (Å²) in [6.07, 6.45) is -0.0973. The molecule has 0 unspecified atom stereocenters. The van der Waals surface area contributed by atoms with Gasteiger partial charge in [0.1, 0.15) is 0 Å². The summed E-state index contributed by atoms with van der Waals surface area (Å²) < 4.78 is 23.1. The summed E-state index contributed by atoms with van der Waals surface area (Å²) in [6.45, 7) is 5.66. The summed E-state index contributed by atoms with van der Waals surface area (Å²) >= 11 is 0. The second-order valence-corrected chi connectivity index (χ2v) is 7.08. The van der Waals surface area contributed by atoms with Crippen molar-refractivity contribution in [2.24, 2.45) is 0 Å². The maximum atomic E-state index is 12.4. The predicted octanol–water partition coefficient (Wildman–Crippen LogP) is 3.19. The van der Waals surface area contributed by atoms with Gasteiger partial charge in [0.2, 0.25) is 0 Å². The minimum absolute atomic E-state index is 0.0266. The van der Waals surface area contributed by atoms with Gasteiger partial charge in [-0.1, -0.05) is 46.5 Å². The van der Waals surface area contributed by atoms with E-state index >= 15 is 0 Å². The molecule has 0 saturated heterocycles. The van der Waals surface area contributed by atoms with Crippen molar-refractivity contribution in [1.29, 1.82) is 0 Å². The second kappa shape index (κ2) is 16.9. The van der Waals surface area contributed by atoms with Crippen LogP contribution in [-0.4, -0.2) is 60.7 Å². The number of unbranched alkanes of at least 4 members (excludes halogenated alkanes) is 4. The first-order valence-electron chi connectivity index (χ1n) is 10.8. The highest BCUT2D eigenvalue weighted by Crippen LogP contribution is 2.20. The summed E-state index contributed by atoms with van der Waals surface area (Å²) in [6, 6.07) is 0. The zero-order chi connectivity index (χ0) is 24.4. The molecule has 0 aliphatic heterocycles. The first kappa shape index (κ1) is 29.3. The Labute approximate surface area is 187 Å². The number of hydrogen-bond acceptors (Lipinski definition) is 11. The highest BCUT2D eigenvalue weighted by atomic mass is 16.7. The molecule has 0 fully saturated rings. The van der Waals surface area contributed by atoms with E-state index in [0.29, 0.717) is 19.3 Å². The van der Waals surface area contributed by atoms with Gasteiger partial charge in [0.15, 0.2) is 5.60 Å². The molecule has 1 N–H and O–H groups in total. The van der Waals surface area contributed by atoms with E-state index in [2.05, 4.69) is 18.9 Å². The first-order valence-corrected chi connectivity index (χ1v) is 10.8. The lowest BCUT2D eigenvalue weighted by molar-refractivity contribution is -0.176. The van der Waals surface area contributed by atoms with Crippen molar-refractivity contribution >= 4 is 30.2 Å². The summed E-state index contributed by atoms with van der Waals surface area (Å²) in [7, 11) is 0. The third-order valence-electron chi connectivity index (χ3n) is 4.06. The van der Waals surface area contributed by atoms with Crippen LogP contribution in [0.4, 0.5) is 9.59 Å². The van der Waals surface area contributed by atoms with Crippen molar-refractivity contribution in [2.75, 3.05) is 19.8 Å². The molecule has 0 aromatic rings. The molecular weight excluding hydrogens is 428 g/mol. The van der Waals surface area contributed by atoms with Crippen molar-refractivity contribution < 1.29 is 52.8 Å². The smallest absolute Gasteiger partial charge is 0.464 e. The summed E-state index contributed by atoms with van der Waals surface area (Å²) in [4.78, 5) is 59.4. The van der Waals surface area contributed by atoms with Gasteiger partial charge in [0, 0.05) is 0 Å². The third kappa shape index (κ3) is 13.6. The molecule has 0 aromatic carbocycles. The van der Waals surface area contributed by atoms with E-state index in [1.165, 1.54) is 0 Å². The maximum Gasteiger partial charge on any atom is 0.516 e. The van der Waals surface area contributed by atoms with Crippen molar-refractivity contribution in [1.82, 2.24) is 0 Å². The van der Waals surface area contributed by atoms with Crippen LogP contribution >= 0.6 is 0 Å². The second-order valence-electron chi connectivity index (χ2n) is 7.08. The zero-order valence-corrected chi connectivity index (χ0v) is 19.0. The highest BCUT2D eigenvalue weighted by Gasteiger charge is 2.44. The summed E-state index contributed by atoms with van der Waals surface area (Å²) in [5, 5.41) is 10.7. The molecule has 0 aromatic heterocycles. The lowest BCUT2D eigenvalue weighted by Crippen LogP contribution is -2.45. The van der Waals surface area contributed by atoms with Gasteiger partial charge in [-0.2, -0.15) is 0 Å². The van der Waals surface area contributed by atoms with Gasteiger partial charge < -0.3 is 28.8 Å². The van der Waals surface area contributed by atoms with E-state index in [1.54, 1.807) is 0 Å². The minimum Gasteiger partial charge on any atom is -0.464 e. The van der Waals surface area contributed by atoms with E-state index in [4.69, 9.17) is 4.74 Å². The first-order chi connectivity index (χ1) is 15.2. The quantitative estimate of drug-likeness (QED) is 0.165. The molecule has 0 radical (unpaired) electrons. The Balaban J connectivity index is 5.03. The van der Waals surface area contributed by atoms with Gasteiger partial charge >= 0.3 is 30.2 Å². The number of carbonyl (C=O) groups excluding carboxylic acids is 5. The van der Waals surface area contributed by atoms with E-state index in [9.17, 15) is 29.1 Å². The largest absolute Gasteiger partial charge is 0.516 e. The molecule has 0 spiro atoms. The Morgan fingerprint density at radius 1 is 0.625 bits per heavy atom. The van der Waals surface area contributed by atoms with Gasteiger partial charge in [-0.05, 0) is 19.3 Å². The van der Waals surface area contributed by atoms with Crippen LogP contribution in [0.2, 0.25) is 0 Å². The summed E-state index contributed by atoms with van der Waals surface area (Å²) in [5.41, 5.74) is -2.71. The zero-order valence-electron chi connectivity index (χ0n) is 19.0. The molecule has 11 heteroatoms. The molecule has 0 bridgehead atoms.